The standard InChI is InChI=1S/C14H11ClN4/c15-14-18-12-11(7-4-8-16-12)13(19-14)17-9-10-5-2-1-3-6-10/h1-8H,9H2,(H,16,17,18,19). The molecular formula is C14H11ClN4. The third-order valence-corrected chi connectivity index (χ3v) is 2.92. The minimum absolute atomic E-state index is 0.196. The predicted molar refractivity (Wildman–Crippen MR) is 76.1 cm³/mol. The molecule has 0 amide bonds. The summed E-state index contributed by atoms with van der Waals surface area (Å²) in [6.07, 6.45) is 1.69. The first-order valence-electron chi connectivity index (χ1n) is 5.89. The fraction of sp³-hybridized carbons (Fsp3) is 0.0714. The van der Waals surface area contributed by atoms with E-state index >= 15 is 0 Å². The molecule has 0 saturated heterocycles. The quantitative estimate of drug-likeness (QED) is 0.742. The SMILES string of the molecule is Clc1nc(NCc2ccccc2)c2cccnc2n1. The number of halogens is 1. The highest BCUT2D eigenvalue weighted by atomic mass is 35.5. The molecule has 0 spiro atoms. The average Bonchev–Trinajstić information content (AvgIpc) is 2.45. The van der Waals surface area contributed by atoms with Crippen molar-refractivity contribution in [3.63, 3.8) is 0 Å². The van der Waals surface area contributed by atoms with Crippen LogP contribution in [0.3, 0.4) is 0 Å². The molecule has 0 saturated carbocycles. The highest BCUT2D eigenvalue weighted by molar-refractivity contribution is 6.28. The number of aromatic nitrogens is 3. The van der Waals surface area contributed by atoms with Gasteiger partial charge in [0.1, 0.15) is 5.82 Å². The molecule has 0 fully saturated rings. The fourth-order valence-corrected chi connectivity index (χ4v) is 2.02. The molecule has 94 valence electrons. The lowest BCUT2D eigenvalue weighted by Crippen LogP contribution is -2.03. The van der Waals surface area contributed by atoms with Crippen molar-refractivity contribution in [1.82, 2.24) is 15.0 Å². The van der Waals surface area contributed by atoms with Crippen LogP contribution in [0.15, 0.2) is 48.7 Å². The molecule has 0 unspecified atom stereocenters. The Hall–Kier alpha value is -2.20. The van der Waals surface area contributed by atoms with Crippen LogP contribution < -0.4 is 5.32 Å². The Morgan fingerprint density at radius 3 is 2.68 bits per heavy atom. The smallest absolute Gasteiger partial charge is 0.226 e. The normalized spacial score (nSPS) is 10.6. The number of anilines is 1. The maximum atomic E-state index is 5.90. The van der Waals surface area contributed by atoms with Crippen LogP contribution in [-0.2, 0) is 6.54 Å². The highest BCUT2D eigenvalue weighted by Gasteiger charge is 2.06. The Morgan fingerprint density at radius 1 is 1.00 bits per heavy atom. The summed E-state index contributed by atoms with van der Waals surface area (Å²) in [6, 6.07) is 13.9. The summed E-state index contributed by atoms with van der Waals surface area (Å²) in [5, 5.41) is 4.33. The van der Waals surface area contributed by atoms with Crippen molar-refractivity contribution in [2.24, 2.45) is 0 Å². The number of benzene rings is 1. The number of nitrogens with one attached hydrogen (secondary N) is 1. The van der Waals surface area contributed by atoms with E-state index in [1.807, 2.05) is 30.3 Å². The van der Waals surface area contributed by atoms with E-state index in [-0.39, 0.29) is 5.28 Å². The second-order valence-electron chi connectivity index (χ2n) is 4.05. The van der Waals surface area contributed by atoms with Gasteiger partial charge in [-0.15, -0.1) is 0 Å². The van der Waals surface area contributed by atoms with Crippen LogP contribution in [0, 0.1) is 0 Å². The molecule has 0 aliphatic carbocycles. The zero-order valence-corrected chi connectivity index (χ0v) is 10.8. The molecule has 1 aromatic carbocycles. The summed E-state index contributed by atoms with van der Waals surface area (Å²) < 4.78 is 0. The van der Waals surface area contributed by atoms with Crippen LogP contribution in [0.5, 0.6) is 0 Å². The Morgan fingerprint density at radius 2 is 1.84 bits per heavy atom. The molecule has 0 bridgehead atoms. The number of nitrogens with zero attached hydrogens (tertiary/aromatic N) is 3. The van der Waals surface area contributed by atoms with E-state index in [4.69, 9.17) is 11.6 Å². The molecule has 5 heteroatoms. The van der Waals surface area contributed by atoms with E-state index in [2.05, 4.69) is 32.4 Å². The second kappa shape index (κ2) is 5.20. The number of fused-ring (bicyclic) bond motifs is 1. The van der Waals surface area contributed by atoms with Gasteiger partial charge in [-0.05, 0) is 29.3 Å². The molecule has 3 rings (SSSR count). The van der Waals surface area contributed by atoms with Gasteiger partial charge in [-0.1, -0.05) is 30.3 Å². The van der Waals surface area contributed by atoms with Gasteiger partial charge in [-0.3, -0.25) is 0 Å². The van der Waals surface area contributed by atoms with Crippen LogP contribution in [0.25, 0.3) is 11.0 Å². The number of hydrogen-bond donors (Lipinski definition) is 1. The predicted octanol–water partition coefficient (Wildman–Crippen LogP) is 3.29. The Labute approximate surface area is 115 Å². The number of hydrogen-bond acceptors (Lipinski definition) is 4. The van der Waals surface area contributed by atoms with E-state index in [1.165, 1.54) is 5.56 Å². The summed E-state index contributed by atoms with van der Waals surface area (Å²) in [5.41, 5.74) is 1.77. The van der Waals surface area contributed by atoms with E-state index in [9.17, 15) is 0 Å². The van der Waals surface area contributed by atoms with Crippen LogP contribution in [-0.4, -0.2) is 15.0 Å². The van der Waals surface area contributed by atoms with Gasteiger partial charge in [-0.2, -0.15) is 4.98 Å². The van der Waals surface area contributed by atoms with Crippen molar-refractivity contribution in [2.75, 3.05) is 5.32 Å². The van der Waals surface area contributed by atoms with Crippen LogP contribution >= 0.6 is 11.6 Å². The largest absolute Gasteiger partial charge is 0.365 e. The molecule has 2 heterocycles. The summed E-state index contributed by atoms with van der Waals surface area (Å²) in [7, 11) is 0. The van der Waals surface area contributed by atoms with Crippen molar-refractivity contribution in [2.45, 2.75) is 6.54 Å². The monoisotopic (exact) mass is 270 g/mol. The minimum Gasteiger partial charge on any atom is -0.365 e. The van der Waals surface area contributed by atoms with Gasteiger partial charge in [0.2, 0.25) is 5.28 Å². The Kier molecular flexibility index (Phi) is 3.25. The van der Waals surface area contributed by atoms with Crippen LogP contribution in [0.2, 0.25) is 5.28 Å². The maximum Gasteiger partial charge on any atom is 0.226 e. The molecular weight excluding hydrogens is 260 g/mol. The van der Waals surface area contributed by atoms with E-state index in [1.54, 1.807) is 6.20 Å². The van der Waals surface area contributed by atoms with Gasteiger partial charge in [-0.25, -0.2) is 9.97 Å². The summed E-state index contributed by atoms with van der Waals surface area (Å²) in [6.45, 7) is 0.679. The van der Waals surface area contributed by atoms with Crippen molar-refractivity contribution in [1.29, 1.82) is 0 Å². The van der Waals surface area contributed by atoms with Gasteiger partial charge in [0.25, 0.3) is 0 Å². The summed E-state index contributed by atoms with van der Waals surface area (Å²) >= 11 is 5.90. The summed E-state index contributed by atoms with van der Waals surface area (Å²) in [4.78, 5) is 12.5. The molecule has 4 nitrogen and oxygen atoms in total. The van der Waals surface area contributed by atoms with E-state index < -0.39 is 0 Å². The summed E-state index contributed by atoms with van der Waals surface area (Å²) in [5.74, 6) is 0.701. The third kappa shape index (κ3) is 2.63. The van der Waals surface area contributed by atoms with Gasteiger partial charge in [0.05, 0.1) is 5.39 Å². The highest BCUT2D eigenvalue weighted by Crippen LogP contribution is 2.20. The van der Waals surface area contributed by atoms with E-state index in [0.717, 1.165) is 5.39 Å². The molecule has 0 atom stereocenters. The number of pyridine rings is 1. The maximum absolute atomic E-state index is 5.90. The van der Waals surface area contributed by atoms with Crippen molar-refractivity contribution >= 4 is 28.5 Å². The van der Waals surface area contributed by atoms with Crippen molar-refractivity contribution in [3.05, 3.63) is 59.5 Å². The first-order valence-corrected chi connectivity index (χ1v) is 6.27. The van der Waals surface area contributed by atoms with Gasteiger partial charge >= 0.3 is 0 Å². The average molecular weight is 271 g/mol. The Balaban J connectivity index is 1.92. The van der Waals surface area contributed by atoms with Gasteiger partial charge in [0.15, 0.2) is 5.65 Å². The zero-order chi connectivity index (χ0) is 13.1. The lowest BCUT2D eigenvalue weighted by atomic mass is 10.2. The Bertz CT molecular complexity index is 700. The van der Waals surface area contributed by atoms with Gasteiger partial charge < -0.3 is 5.32 Å². The molecule has 19 heavy (non-hydrogen) atoms. The second-order valence-corrected chi connectivity index (χ2v) is 4.39. The first-order chi connectivity index (χ1) is 9.33. The minimum atomic E-state index is 0.196. The van der Waals surface area contributed by atoms with Gasteiger partial charge in [0, 0.05) is 12.7 Å². The van der Waals surface area contributed by atoms with Crippen LogP contribution in [0.4, 0.5) is 5.82 Å². The van der Waals surface area contributed by atoms with Crippen LogP contribution in [0.1, 0.15) is 5.56 Å². The topological polar surface area (TPSA) is 50.7 Å². The third-order valence-electron chi connectivity index (χ3n) is 2.75. The lowest BCUT2D eigenvalue weighted by Gasteiger charge is -2.08. The van der Waals surface area contributed by atoms with Crippen molar-refractivity contribution < 1.29 is 0 Å². The van der Waals surface area contributed by atoms with Crippen molar-refractivity contribution in [3.8, 4) is 0 Å². The first kappa shape index (κ1) is 11.9. The molecule has 2 aromatic heterocycles. The molecule has 0 radical (unpaired) electrons. The lowest BCUT2D eigenvalue weighted by molar-refractivity contribution is 1.09. The molecule has 3 aromatic rings. The molecule has 0 aliphatic rings. The van der Waals surface area contributed by atoms with E-state index in [0.29, 0.717) is 18.0 Å². The fourth-order valence-electron chi connectivity index (χ4n) is 1.85. The zero-order valence-electron chi connectivity index (χ0n) is 10.0. The molecule has 0 aliphatic heterocycles. The molecule has 1 N–H and O–H groups in total. The number of rotatable bonds is 3.